The molecule has 0 fully saturated rings. The van der Waals surface area contributed by atoms with Gasteiger partial charge < -0.3 is 5.32 Å². The molecule has 0 spiro atoms. The fraction of sp³-hybridized carbons (Fsp3) is 0.500. The first kappa shape index (κ1) is 8.77. The Morgan fingerprint density at radius 2 is 2.00 bits per heavy atom. The van der Waals surface area contributed by atoms with E-state index in [0.717, 1.165) is 30.5 Å². The van der Waals surface area contributed by atoms with E-state index in [1.165, 1.54) is 0 Å². The number of nitriles is 2. The number of nitrogens with zero attached hydrogens (tertiary/aromatic N) is 2. The molecule has 0 radical (unpaired) electrons. The maximum Gasteiger partial charge on any atom is 0.259 e. The predicted octanol–water partition coefficient (Wildman–Crippen LogP) is 0.978. The van der Waals surface area contributed by atoms with E-state index < -0.39 is 11.3 Å². The minimum Gasteiger partial charge on any atom is -0.328 e. The Morgan fingerprint density at radius 1 is 1.29 bits per heavy atom. The molecule has 0 aromatic rings. The molecule has 70 valence electrons. The molecule has 4 nitrogen and oxygen atoms in total. The van der Waals surface area contributed by atoms with Crippen molar-refractivity contribution in [3.63, 3.8) is 0 Å². The van der Waals surface area contributed by atoms with E-state index in [9.17, 15) is 4.79 Å². The van der Waals surface area contributed by atoms with Gasteiger partial charge in [-0.25, -0.2) is 0 Å². The first-order chi connectivity index (χ1) is 6.72. The standard InChI is InChI=1S/C10H9N3O/c11-5-10(6-12)4-7-2-1-3-8(7)13-9(10)14/h1-4H2,(H,13,14). The van der Waals surface area contributed by atoms with E-state index in [1.807, 2.05) is 12.1 Å². The molecule has 0 saturated carbocycles. The lowest BCUT2D eigenvalue weighted by Crippen LogP contribution is -2.42. The van der Waals surface area contributed by atoms with Crippen molar-refractivity contribution in [3.8, 4) is 12.1 Å². The zero-order valence-corrected chi connectivity index (χ0v) is 7.63. The van der Waals surface area contributed by atoms with Gasteiger partial charge in [-0.15, -0.1) is 0 Å². The summed E-state index contributed by atoms with van der Waals surface area (Å²) in [4.78, 5) is 11.5. The van der Waals surface area contributed by atoms with Gasteiger partial charge in [-0.1, -0.05) is 0 Å². The number of hydrogen-bond donors (Lipinski definition) is 1. The molecule has 1 aliphatic heterocycles. The van der Waals surface area contributed by atoms with Crippen LogP contribution in [0.4, 0.5) is 0 Å². The quantitative estimate of drug-likeness (QED) is 0.614. The van der Waals surface area contributed by atoms with Gasteiger partial charge in [0.25, 0.3) is 5.91 Å². The van der Waals surface area contributed by atoms with Crippen LogP contribution in [0.2, 0.25) is 0 Å². The topological polar surface area (TPSA) is 76.7 Å². The number of amides is 1. The van der Waals surface area contributed by atoms with Crippen LogP contribution in [0.25, 0.3) is 0 Å². The first-order valence-electron chi connectivity index (χ1n) is 4.57. The van der Waals surface area contributed by atoms with Crippen molar-refractivity contribution < 1.29 is 4.79 Å². The van der Waals surface area contributed by atoms with Crippen molar-refractivity contribution in [1.82, 2.24) is 5.32 Å². The maximum atomic E-state index is 11.5. The second kappa shape index (κ2) is 2.85. The second-order valence-corrected chi connectivity index (χ2v) is 3.70. The Balaban J connectivity index is 2.40. The fourth-order valence-corrected chi connectivity index (χ4v) is 2.00. The lowest BCUT2D eigenvalue weighted by molar-refractivity contribution is -0.125. The molecule has 0 aromatic carbocycles. The molecule has 14 heavy (non-hydrogen) atoms. The van der Waals surface area contributed by atoms with Gasteiger partial charge in [-0.05, 0) is 24.8 Å². The third kappa shape index (κ3) is 1.01. The average Bonchev–Trinajstić information content (AvgIpc) is 2.63. The number of rotatable bonds is 0. The Labute approximate surface area is 81.8 Å². The molecular formula is C10H9N3O. The molecular weight excluding hydrogens is 178 g/mol. The second-order valence-electron chi connectivity index (χ2n) is 3.70. The summed E-state index contributed by atoms with van der Waals surface area (Å²) >= 11 is 0. The molecule has 4 heteroatoms. The third-order valence-corrected chi connectivity index (χ3v) is 2.84. The van der Waals surface area contributed by atoms with Gasteiger partial charge in [0.2, 0.25) is 5.41 Å². The summed E-state index contributed by atoms with van der Waals surface area (Å²) in [5, 5.41) is 20.4. The minimum absolute atomic E-state index is 0.293. The maximum absolute atomic E-state index is 11.5. The van der Waals surface area contributed by atoms with Crippen LogP contribution in [0, 0.1) is 28.1 Å². The number of carbonyl (C=O) groups excluding carboxylic acids is 1. The summed E-state index contributed by atoms with van der Waals surface area (Å²) in [7, 11) is 0. The zero-order valence-electron chi connectivity index (χ0n) is 7.63. The smallest absolute Gasteiger partial charge is 0.259 e. The Morgan fingerprint density at radius 3 is 2.64 bits per heavy atom. The van der Waals surface area contributed by atoms with Gasteiger partial charge in [0, 0.05) is 12.1 Å². The molecule has 2 rings (SSSR count). The number of nitrogens with one attached hydrogen (secondary N) is 1. The van der Waals surface area contributed by atoms with Crippen molar-refractivity contribution in [2.24, 2.45) is 5.41 Å². The lowest BCUT2D eigenvalue weighted by atomic mass is 9.80. The molecule has 0 aromatic heterocycles. The van der Waals surface area contributed by atoms with Crippen molar-refractivity contribution in [2.45, 2.75) is 25.7 Å². The van der Waals surface area contributed by atoms with Crippen molar-refractivity contribution in [3.05, 3.63) is 11.3 Å². The van der Waals surface area contributed by atoms with E-state index in [0.29, 0.717) is 6.42 Å². The highest BCUT2D eigenvalue weighted by atomic mass is 16.2. The van der Waals surface area contributed by atoms with E-state index in [2.05, 4.69) is 5.32 Å². The van der Waals surface area contributed by atoms with Crippen LogP contribution in [0.1, 0.15) is 25.7 Å². The summed E-state index contributed by atoms with van der Waals surface area (Å²) in [5.41, 5.74) is 0.534. The molecule has 0 unspecified atom stereocenters. The summed E-state index contributed by atoms with van der Waals surface area (Å²) in [5.74, 6) is -0.455. The molecule has 2 aliphatic rings. The zero-order chi connectivity index (χ0) is 10.2. The van der Waals surface area contributed by atoms with Crippen LogP contribution >= 0.6 is 0 Å². The summed E-state index contributed by atoms with van der Waals surface area (Å²) in [6, 6.07) is 3.64. The van der Waals surface area contributed by atoms with Gasteiger partial charge in [0.1, 0.15) is 0 Å². The molecule has 1 amide bonds. The highest BCUT2D eigenvalue weighted by Crippen LogP contribution is 2.38. The molecule has 1 aliphatic carbocycles. The van der Waals surface area contributed by atoms with Crippen molar-refractivity contribution >= 4 is 5.91 Å². The minimum atomic E-state index is -1.48. The van der Waals surface area contributed by atoms with Gasteiger partial charge in [0.05, 0.1) is 12.1 Å². The van der Waals surface area contributed by atoms with E-state index in [-0.39, 0.29) is 0 Å². The number of allylic oxidation sites excluding steroid dienone is 2. The molecule has 0 bridgehead atoms. The number of hydrogen-bond acceptors (Lipinski definition) is 3. The van der Waals surface area contributed by atoms with Crippen LogP contribution in [0.5, 0.6) is 0 Å². The predicted molar refractivity (Wildman–Crippen MR) is 47.3 cm³/mol. The van der Waals surface area contributed by atoms with Gasteiger partial charge in [-0.3, -0.25) is 4.79 Å². The Kier molecular flexibility index (Phi) is 1.79. The first-order valence-corrected chi connectivity index (χ1v) is 4.57. The van der Waals surface area contributed by atoms with Gasteiger partial charge >= 0.3 is 0 Å². The lowest BCUT2D eigenvalue weighted by Gasteiger charge is -2.25. The van der Waals surface area contributed by atoms with Crippen molar-refractivity contribution in [2.75, 3.05) is 0 Å². The van der Waals surface area contributed by atoms with Crippen LogP contribution in [0.3, 0.4) is 0 Å². The van der Waals surface area contributed by atoms with Gasteiger partial charge in [0.15, 0.2) is 0 Å². The Hall–Kier alpha value is -1.81. The number of carbonyl (C=O) groups is 1. The normalized spacial score (nSPS) is 23.4. The van der Waals surface area contributed by atoms with Gasteiger partial charge in [-0.2, -0.15) is 10.5 Å². The largest absolute Gasteiger partial charge is 0.328 e. The SMILES string of the molecule is N#CC1(C#N)CC2=C(CCC2)NC1=O. The van der Waals surface area contributed by atoms with Crippen molar-refractivity contribution in [1.29, 1.82) is 10.5 Å². The van der Waals surface area contributed by atoms with E-state index >= 15 is 0 Å². The summed E-state index contributed by atoms with van der Waals surface area (Å²) < 4.78 is 0. The Bertz CT molecular complexity index is 394. The molecule has 0 atom stereocenters. The molecule has 1 N–H and O–H groups in total. The van der Waals surface area contributed by atoms with E-state index in [1.54, 1.807) is 0 Å². The molecule has 1 heterocycles. The highest BCUT2D eigenvalue weighted by Gasteiger charge is 2.44. The highest BCUT2D eigenvalue weighted by molar-refractivity contribution is 5.91. The van der Waals surface area contributed by atoms with Crippen LogP contribution in [0.15, 0.2) is 11.3 Å². The van der Waals surface area contributed by atoms with Crippen LogP contribution < -0.4 is 5.32 Å². The fourth-order valence-electron chi connectivity index (χ4n) is 2.00. The summed E-state index contributed by atoms with van der Waals surface area (Å²) in [6.45, 7) is 0. The monoisotopic (exact) mass is 187 g/mol. The third-order valence-electron chi connectivity index (χ3n) is 2.84. The average molecular weight is 187 g/mol. The van der Waals surface area contributed by atoms with E-state index in [4.69, 9.17) is 10.5 Å². The molecule has 0 saturated heterocycles. The summed E-state index contributed by atoms with van der Waals surface area (Å²) in [6.07, 6.45) is 3.08. The van der Waals surface area contributed by atoms with Crippen LogP contribution in [-0.4, -0.2) is 5.91 Å². The van der Waals surface area contributed by atoms with Crippen LogP contribution in [-0.2, 0) is 4.79 Å².